The van der Waals surface area contributed by atoms with Crippen molar-refractivity contribution < 1.29 is 35.3 Å². The van der Waals surface area contributed by atoms with Crippen molar-refractivity contribution in [1.82, 2.24) is 14.5 Å². The Morgan fingerprint density at radius 3 is 1.91 bits per heavy atom. The number of imidazole rings is 1. The topological polar surface area (TPSA) is 50.9 Å². The number of nitrogens with zero attached hydrogens (tertiary/aromatic N) is 3. The molecule has 0 aliphatic heterocycles. The van der Waals surface area contributed by atoms with Crippen LogP contribution in [-0.2, 0) is 16.2 Å². The van der Waals surface area contributed by atoms with Crippen molar-refractivity contribution >= 4 is 11.0 Å². The van der Waals surface area contributed by atoms with Gasteiger partial charge in [0.25, 0.3) is 0 Å². The Bertz CT molecular complexity index is 4170. The highest BCUT2D eigenvalue weighted by atomic mass is 16.3. The molecular formula is C62H61N3O. The van der Waals surface area contributed by atoms with Crippen molar-refractivity contribution in [2.75, 3.05) is 0 Å². The zero-order valence-electron chi connectivity index (χ0n) is 59.3. The summed E-state index contributed by atoms with van der Waals surface area (Å²) in [6.45, 7) is -5.91. The molecule has 0 atom stereocenters. The van der Waals surface area contributed by atoms with E-state index in [0.29, 0.717) is 38.9 Å². The van der Waals surface area contributed by atoms with Gasteiger partial charge >= 0.3 is 0 Å². The van der Waals surface area contributed by atoms with Gasteiger partial charge in [0.15, 0.2) is 0 Å². The van der Waals surface area contributed by atoms with E-state index in [-0.39, 0.29) is 50.7 Å². The van der Waals surface area contributed by atoms with Crippen LogP contribution >= 0.6 is 0 Å². The van der Waals surface area contributed by atoms with E-state index in [1.165, 1.54) is 6.07 Å². The van der Waals surface area contributed by atoms with Crippen molar-refractivity contribution in [2.45, 2.75) is 92.0 Å². The molecule has 0 bridgehead atoms. The molecule has 0 fully saturated rings. The van der Waals surface area contributed by atoms with E-state index in [0.717, 1.165) is 5.56 Å². The SMILES string of the molecule is [2H]c1nc(-c2cc(-c3ccccc3)cc(-c3cccc4c3nc(-c3cc(C(C)(C)C)cc(C(C)(C)C)c3O)n4-c3cc(-c4ccccc4)c(C([2H])([2H])[2H])c(C([2H])([2H])[2H])c3)c2)c([2H])c(-c2c([2H])c([2H])c(C(C([2H])([2H])[2H])(C([2H])([2H])[2H])C([2H])([2H])[2H])c([2H])c2[2H])c1[2H]. The molecule has 0 spiro atoms. The van der Waals surface area contributed by atoms with Crippen LogP contribution in [0.15, 0.2) is 164 Å². The normalized spacial score (nSPS) is 18.0. The molecule has 7 aromatic carbocycles. The van der Waals surface area contributed by atoms with Gasteiger partial charge in [0, 0.05) is 49.1 Å². The molecule has 9 rings (SSSR count). The average molecular weight is 886 g/mol. The summed E-state index contributed by atoms with van der Waals surface area (Å²) in [6.07, 6.45) is -0.816. The van der Waals surface area contributed by atoms with Crippen LogP contribution in [0.5, 0.6) is 5.75 Å². The van der Waals surface area contributed by atoms with Crippen molar-refractivity contribution in [3.8, 4) is 78.6 Å². The molecular weight excluding hydrogens is 803 g/mol. The van der Waals surface area contributed by atoms with Crippen LogP contribution in [-0.4, -0.2) is 19.6 Å². The van der Waals surface area contributed by atoms with Gasteiger partial charge in [-0.05, 0) is 146 Å². The van der Waals surface area contributed by atoms with E-state index in [2.05, 4.69) is 4.98 Å². The first-order valence-corrected chi connectivity index (χ1v) is 21.4. The molecule has 66 heavy (non-hydrogen) atoms. The van der Waals surface area contributed by atoms with E-state index in [1.807, 2.05) is 59.7 Å². The summed E-state index contributed by atoms with van der Waals surface area (Å²) in [5.74, 6) is 0.0133. The number of phenolic OH excluding ortho intramolecular Hbond substituents is 1. The standard InChI is InChI=1S/C62H61N3O/c1-39-31-50(38-52(40(39)2)43-21-16-13-17-22-43)65-56-24-18-23-51(57(56)64-59(65)53-36-49(61(6,7)8)37-54(58(53)66)62(9,10)11)46-32-45(41-19-14-12-15-20-41)33-47(34-46)55-35-44(29-30-63-55)42-25-27-48(28-26-42)60(3,4)5/h12-38,66H,1-11H3/i1D3,2D3,3D3,4D3,5D3,25D,26D,27D,28D,29D,30D,35D. The monoisotopic (exact) mass is 886 g/mol. The highest BCUT2D eigenvalue weighted by Gasteiger charge is 2.29. The maximum atomic E-state index is 12.6. The number of hydrogen-bond acceptors (Lipinski definition) is 3. The van der Waals surface area contributed by atoms with Gasteiger partial charge < -0.3 is 5.11 Å². The molecule has 1 N–H and O–H groups in total. The number of pyridine rings is 1. The van der Waals surface area contributed by atoms with Crippen LogP contribution in [0.3, 0.4) is 0 Å². The molecule has 2 aromatic heterocycles. The number of phenols is 1. The Morgan fingerprint density at radius 2 is 1.24 bits per heavy atom. The predicted molar refractivity (Wildman–Crippen MR) is 279 cm³/mol. The number of aromatic nitrogens is 3. The Hall–Kier alpha value is -7.04. The summed E-state index contributed by atoms with van der Waals surface area (Å²) in [5.41, 5.74) is -4.19. The third-order valence-electron chi connectivity index (χ3n) is 11.6. The smallest absolute Gasteiger partial charge is 0.149 e. The van der Waals surface area contributed by atoms with Gasteiger partial charge in [-0.15, -0.1) is 0 Å². The van der Waals surface area contributed by atoms with Crippen molar-refractivity contribution in [1.29, 1.82) is 0 Å². The fourth-order valence-electron chi connectivity index (χ4n) is 8.11. The van der Waals surface area contributed by atoms with Gasteiger partial charge in [0.1, 0.15) is 11.6 Å². The zero-order chi connectivity index (χ0) is 65.3. The zero-order valence-corrected chi connectivity index (χ0v) is 37.3. The number of aromatic hydroxyl groups is 1. The lowest BCUT2D eigenvalue weighted by Gasteiger charge is -2.27. The molecule has 4 heteroatoms. The third-order valence-corrected chi connectivity index (χ3v) is 11.6. The molecule has 4 nitrogen and oxygen atoms in total. The predicted octanol–water partition coefficient (Wildman–Crippen LogP) is 16.6. The minimum absolute atomic E-state index is 0.103. The van der Waals surface area contributed by atoms with E-state index in [9.17, 15) is 9.22 Å². The number of hydrogen-bond donors (Lipinski definition) is 1. The Balaban J connectivity index is 1.40. The van der Waals surface area contributed by atoms with E-state index < -0.39 is 115 Å². The van der Waals surface area contributed by atoms with Crippen LogP contribution < -0.4 is 0 Å². The second-order valence-corrected chi connectivity index (χ2v) is 18.5. The fraction of sp³-hybridized carbons (Fsp3) is 0.226. The Labute approximate surface area is 422 Å². The average Bonchev–Trinajstić information content (AvgIpc) is 0.755. The largest absolute Gasteiger partial charge is 0.507 e. The van der Waals surface area contributed by atoms with Crippen LogP contribution in [0.4, 0.5) is 0 Å². The van der Waals surface area contributed by atoms with Gasteiger partial charge in [-0.25, -0.2) is 4.98 Å². The highest BCUT2D eigenvalue weighted by Crippen LogP contribution is 2.45. The minimum atomic E-state index is -3.97. The summed E-state index contributed by atoms with van der Waals surface area (Å²) in [4.78, 5) is 9.76. The number of para-hydroxylation sites is 1. The van der Waals surface area contributed by atoms with Gasteiger partial charge in [-0.1, -0.05) is 165 Å². The van der Waals surface area contributed by atoms with Gasteiger partial charge in [-0.2, -0.15) is 0 Å². The Morgan fingerprint density at radius 1 is 0.545 bits per heavy atom. The molecule has 0 saturated heterocycles. The number of benzene rings is 7. The van der Waals surface area contributed by atoms with Gasteiger partial charge in [-0.3, -0.25) is 9.55 Å². The maximum Gasteiger partial charge on any atom is 0.149 e. The second kappa shape index (κ2) is 16.7. The molecule has 9 aromatic rings. The van der Waals surface area contributed by atoms with Crippen molar-refractivity contribution in [3.05, 3.63) is 192 Å². The molecule has 0 radical (unpaired) electrons. The van der Waals surface area contributed by atoms with Crippen LogP contribution in [0.1, 0.15) is 120 Å². The minimum Gasteiger partial charge on any atom is -0.507 e. The Kier molecular flexibility index (Phi) is 6.35. The number of rotatable bonds is 7. The first kappa shape index (κ1) is 25.0. The lowest BCUT2D eigenvalue weighted by atomic mass is 9.79. The molecule has 0 aliphatic carbocycles. The summed E-state index contributed by atoms with van der Waals surface area (Å²) in [5, 5.41) is 12.6. The molecule has 330 valence electrons. The van der Waals surface area contributed by atoms with E-state index in [4.69, 9.17) is 31.0 Å². The van der Waals surface area contributed by atoms with E-state index >= 15 is 0 Å². The molecule has 2 heterocycles. The van der Waals surface area contributed by atoms with Crippen LogP contribution in [0, 0.1) is 13.7 Å². The number of aryl methyl sites for hydroxylation is 1. The first-order chi connectivity index (χ1) is 40.4. The maximum absolute atomic E-state index is 12.6. The summed E-state index contributed by atoms with van der Waals surface area (Å²) in [6, 6.07) is 27.7. The van der Waals surface area contributed by atoms with Crippen LogP contribution in [0.25, 0.3) is 83.9 Å². The number of fused-ring (bicyclic) bond motifs is 1. The third kappa shape index (κ3) is 8.49. The lowest BCUT2D eigenvalue weighted by Crippen LogP contribution is -2.17. The molecule has 0 aliphatic rings. The molecule has 0 unspecified atom stereocenters. The van der Waals surface area contributed by atoms with Gasteiger partial charge in [0.05, 0.1) is 31.9 Å². The summed E-state index contributed by atoms with van der Waals surface area (Å²) >= 11 is 0. The fourth-order valence-corrected chi connectivity index (χ4v) is 8.11. The summed E-state index contributed by atoms with van der Waals surface area (Å²) in [7, 11) is 0. The molecule has 0 saturated carbocycles. The van der Waals surface area contributed by atoms with Crippen molar-refractivity contribution in [3.63, 3.8) is 0 Å². The first-order valence-electron chi connectivity index (χ1n) is 32.4. The highest BCUT2D eigenvalue weighted by molar-refractivity contribution is 5.98. The molecule has 0 amide bonds. The lowest BCUT2D eigenvalue weighted by molar-refractivity contribution is 0.446. The second-order valence-electron chi connectivity index (χ2n) is 18.5. The van der Waals surface area contributed by atoms with Crippen molar-refractivity contribution in [2.24, 2.45) is 0 Å². The van der Waals surface area contributed by atoms with E-state index in [1.54, 1.807) is 102 Å². The summed E-state index contributed by atoms with van der Waals surface area (Å²) < 4.78 is 193. The van der Waals surface area contributed by atoms with Gasteiger partial charge in [0.2, 0.25) is 0 Å². The van der Waals surface area contributed by atoms with Crippen LogP contribution in [0.2, 0.25) is 0 Å². The quantitative estimate of drug-likeness (QED) is 0.173.